The minimum absolute atomic E-state index is 0.129. The van der Waals surface area contributed by atoms with Crippen LogP contribution in [0.15, 0.2) is 79.4 Å². The third kappa shape index (κ3) is 4.91. The fourth-order valence-corrected chi connectivity index (χ4v) is 4.67. The lowest BCUT2D eigenvalue weighted by atomic mass is 10.0. The van der Waals surface area contributed by atoms with Gasteiger partial charge in [0.2, 0.25) is 5.78 Å². The molecule has 0 atom stereocenters. The van der Waals surface area contributed by atoms with E-state index in [1.807, 2.05) is 24.3 Å². The molecule has 4 aromatic heterocycles. The van der Waals surface area contributed by atoms with Gasteiger partial charge < -0.3 is 15.3 Å². The maximum absolute atomic E-state index is 13.4. The number of benzene rings is 2. The molecule has 0 saturated heterocycles. The first kappa shape index (κ1) is 25.9. The van der Waals surface area contributed by atoms with E-state index in [1.54, 1.807) is 37.4 Å². The first-order chi connectivity index (χ1) is 19.7. The SMILES string of the molecule is CCNC(=O)Nc1cc(-n2cc(C(F)(F)F)cn2)c(-c2c[nH]c3cc(C(=O)c4cc5ccccc5[nH]4)ccc23)cn1. The largest absolute Gasteiger partial charge is 0.419 e. The number of nitrogens with zero attached hydrogens (tertiary/aromatic N) is 3. The molecule has 41 heavy (non-hydrogen) atoms. The van der Waals surface area contributed by atoms with Gasteiger partial charge in [0.25, 0.3) is 0 Å². The average Bonchev–Trinajstić information content (AvgIpc) is 3.70. The van der Waals surface area contributed by atoms with E-state index >= 15 is 0 Å². The lowest BCUT2D eigenvalue weighted by Crippen LogP contribution is -2.28. The maximum Gasteiger partial charge on any atom is 0.419 e. The summed E-state index contributed by atoms with van der Waals surface area (Å²) in [6.07, 6.45) is 0.173. The minimum atomic E-state index is -4.58. The van der Waals surface area contributed by atoms with Crippen molar-refractivity contribution in [3.05, 3.63) is 96.2 Å². The average molecular weight is 558 g/mol. The van der Waals surface area contributed by atoms with Crippen molar-refractivity contribution < 1.29 is 22.8 Å². The van der Waals surface area contributed by atoms with Crippen LogP contribution < -0.4 is 10.6 Å². The highest BCUT2D eigenvalue weighted by Crippen LogP contribution is 2.36. The molecular formula is C29H22F3N7O2. The van der Waals surface area contributed by atoms with Crippen LogP contribution in [-0.2, 0) is 6.18 Å². The summed E-state index contributed by atoms with van der Waals surface area (Å²) in [7, 11) is 0. The van der Waals surface area contributed by atoms with Crippen LogP contribution in [0.25, 0.3) is 38.6 Å². The summed E-state index contributed by atoms with van der Waals surface area (Å²) in [6, 6.07) is 15.5. The maximum atomic E-state index is 13.4. The predicted molar refractivity (Wildman–Crippen MR) is 148 cm³/mol. The van der Waals surface area contributed by atoms with Gasteiger partial charge in [-0.1, -0.05) is 30.3 Å². The van der Waals surface area contributed by atoms with Crippen LogP contribution in [0.5, 0.6) is 0 Å². The van der Waals surface area contributed by atoms with Crippen molar-refractivity contribution in [2.24, 2.45) is 0 Å². The number of carbonyl (C=O) groups excluding carboxylic acids is 2. The highest BCUT2D eigenvalue weighted by atomic mass is 19.4. The van der Waals surface area contributed by atoms with Gasteiger partial charge in [0.05, 0.1) is 23.1 Å². The van der Waals surface area contributed by atoms with E-state index in [-0.39, 0.29) is 17.3 Å². The second-order valence-corrected chi connectivity index (χ2v) is 9.30. The van der Waals surface area contributed by atoms with E-state index in [1.165, 1.54) is 12.3 Å². The second-order valence-electron chi connectivity index (χ2n) is 9.30. The molecule has 0 aliphatic heterocycles. The predicted octanol–water partition coefficient (Wildman–Crippen LogP) is 6.29. The Bertz CT molecular complexity index is 1900. The quantitative estimate of drug-likeness (QED) is 0.180. The van der Waals surface area contributed by atoms with Gasteiger partial charge in [0.15, 0.2) is 0 Å². The van der Waals surface area contributed by atoms with Gasteiger partial charge in [0.1, 0.15) is 5.82 Å². The van der Waals surface area contributed by atoms with Crippen molar-refractivity contribution in [1.82, 2.24) is 30.0 Å². The molecule has 0 aliphatic carbocycles. The summed E-state index contributed by atoms with van der Waals surface area (Å²) >= 11 is 0. The van der Waals surface area contributed by atoms with Crippen LogP contribution in [0.4, 0.5) is 23.8 Å². The van der Waals surface area contributed by atoms with Gasteiger partial charge in [-0.25, -0.2) is 14.5 Å². The number of hydrogen-bond acceptors (Lipinski definition) is 4. The number of urea groups is 1. The van der Waals surface area contributed by atoms with Crippen LogP contribution in [0.1, 0.15) is 28.5 Å². The Kier molecular flexibility index (Phi) is 6.29. The Morgan fingerprint density at radius 3 is 2.59 bits per heavy atom. The summed E-state index contributed by atoms with van der Waals surface area (Å²) in [4.78, 5) is 35.9. The molecule has 0 spiro atoms. The number of pyridine rings is 1. The van der Waals surface area contributed by atoms with Crippen molar-refractivity contribution in [1.29, 1.82) is 0 Å². The second kappa shape index (κ2) is 9.97. The number of anilines is 1. The van der Waals surface area contributed by atoms with Crippen molar-refractivity contribution in [3.8, 4) is 16.8 Å². The molecule has 0 saturated carbocycles. The van der Waals surface area contributed by atoms with E-state index in [4.69, 9.17) is 0 Å². The van der Waals surface area contributed by atoms with Crippen molar-refractivity contribution in [2.45, 2.75) is 13.1 Å². The van der Waals surface area contributed by atoms with Crippen LogP contribution >= 0.6 is 0 Å². The molecule has 6 rings (SSSR count). The van der Waals surface area contributed by atoms with Crippen LogP contribution in [0, 0.1) is 0 Å². The minimum Gasteiger partial charge on any atom is -0.361 e. The lowest BCUT2D eigenvalue weighted by Gasteiger charge is -2.12. The zero-order valence-corrected chi connectivity index (χ0v) is 21.5. The summed E-state index contributed by atoms with van der Waals surface area (Å²) < 4.78 is 41.2. The monoisotopic (exact) mass is 557 g/mol. The normalized spacial score (nSPS) is 11.7. The number of ketones is 1. The van der Waals surface area contributed by atoms with Gasteiger partial charge in [-0.2, -0.15) is 18.3 Å². The molecular weight excluding hydrogens is 535 g/mol. The lowest BCUT2D eigenvalue weighted by molar-refractivity contribution is -0.137. The molecule has 0 unspecified atom stereocenters. The Labute approximate surface area is 230 Å². The van der Waals surface area contributed by atoms with Gasteiger partial charge >= 0.3 is 12.2 Å². The first-order valence-electron chi connectivity index (χ1n) is 12.6. The Morgan fingerprint density at radius 2 is 1.83 bits per heavy atom. The molecule has 12 heteroatoms. The van der Waals surface area contributed by atoms with Crippen molar-refractivity contribution in [2.75, 3.05) is 11.9 Å². The number of hydrogen-bond donors (Lipinski definition) is 4. The number of para-hydroxylation sites is 1. The van der Waals surface area contributed by atoms with Crippen molar-refractivity contribution in [3.63, 3.8) is 0 Å². The fourth-order valence-electron chi connectivity index (χ4n) is 4.67. The molecule has 0 bridgehead atoms. The summed E-state index contributed by atoms with van der Waals surface area (Å²) in [5, 5.41) is 10.7. The summed E-state index contributed by atoms with van der Waals surface area (Å²) in [5.74, 6) is -0.0524. The number of nitrogens with one attached hydrogen (secondary N) is 4. The zero-order valence-electron chi connectivity index (χ0n) is 21.5. The molecule has 0 radical (unpaired) electrons. The van der Waals surface area contributed by atoms with Crippen LogP contribution in [0.3, 0.4) is 0 Å². The molecule has 2 amide bonds. The molecule has 206 valence electrons. The number of amides is 2. The molecule has 4 heterocycles. The first-order valence-corrected chi connectivity index (χ1v) is 12.6. The zero-order chi connectivity index (χ0) is 28.7. The summed E-state index contributed by atoms with van der Waals surface area (Å²) in [6.45, 7) is 2.13. The van der Waals surface area contributed by atoms with E-state index < -0.39 is 17.8 Å². The molecule has 6 aromatic rings. The smallest absolute Gasteiger partial charge is 0.361 e. The number of rotatable bonds is 6. The molecule has 0 fully saturated rings. The standard InChI is InChI=1S/C29H22F3N7O2/c1-2-33-28(41)38-26-11-25(39-15-18(12-36-39)29(30,31)32)21(14-35-26)20-13-34-23-10-17(7-8-19(20)23)27(40)24-9-16-5-3-4-6-22(16)37-24/h3-15,34,37H,2H2,1H3,(H2,33,35,38,41). The molecule has 9 nitrogen and oxygen atoms in total. The Morgan fingerprint density at radius 1 is 1.00 bits per heavy atom. The fraction of sp³-hybridized carbons (Fsp3) is 0.103. The Hall–Kier alpha value is -5.39. The molecule has 4 N–H and O–H groups in total. The number of aromatic nitrogens is 5. The van der Waals surface area contributed by atoms with E-state index in [2.05, 4.69) is 30.7 Å². The van der Waals surface area contributed by atoms with Gasteiger partial charge in [0, 0.05) is 69.7 Å². The van der Waals surface area contributed by atoms with Gasteiger partial charge in [-0.3, -0.25) is 10.1 Å². The third-order valence-electron chi connectivity index (χ3n) is 6.63. The number of aromatic amines is 2. The number of fused-ring (bicyclic) bond motifs is 2. The highest BCUT2D eigenvalue weighted by molar-refractivity contribution is 6.12. The molecule has 2 aromatic carbocycles. The van der Waals surface area contributed by atoms with Gasteiger partial charge in [-0.05, 0) is 25.1 Å². The summed E-state index contributed by atoms with van der Waals surface area (Å²) in [5.41, 5.74) is 2.85. The van der Waals surface area contributed by atoms with Crippen LogP contribution in [0.2, 0.25) is 0 Å². The van der Waals surface area contributed by atoms with Gasteiger partial charge in [-0.15, -0.1) is 0 Å². The van der Waals surface area contributed by atoms with E-state index in [0.717, 1.165) is 28.0 Å². The van der Waals surface area contributed by atoms with Crippen LogP contribution in [-0.4, -0.2) is 43.1 Å². The number of halogens is 3. The van der Waals surface area contributed by atoms with E-state index in [0.29, 0.717) is 39.8 Å². The number of carbonyl (C=O) groups is 2. The van der Waals surface area contributed by atoms with Crippen molar-refractivity contribution >= 4 is 39.4 Å². The topological polar surface area (TPSA) is 120 Å². The Balaban J connectivity index is 1.40. The number of H-pyrrole nitrogens is 2. The number of alkyl halides is 3. The van der Waals surface area contributed by atoms with E-state index in [9.17, 15) is 22.8 Å². The molecule has 0 aliphatic rings. The highest BCUT2D eigenvalue weighted by Gasteiger charge is 2.32. The third-order valence-corrected chi connectivity index (χ3v) is 6.63.